The van der Waals surface area contributed by atoms with Gasteiger partial charge in [-0.25, -0.2) is 8.78 Å². The highest BCUT2D eigenvalue weighted by molar-refractivity contribution is 5.46. The molecule has 3 aromatic heterocycles. The van der Waals surface area contributed by atoms with Gasteiger partial charge in [-0.05, 0) is 37.8 Å². The zero-order chi connectivity index (χ0) is 17.7. The molecular formula is C16H17F2N7O. The number of hydrogen-bond acceptors (Lipinski definition) is 7. The van der Waals surface area contributed by atoms with E-state index in [4.69, 9.17) is 4.52 Å². The van der Waals surface area contributed by atoms with Gasteiger partial charge < -0.3 is 9.42 Å². The Labute approximate surface area is 147 Å². The molecule has 0 radical (unpaired) electrons. The first kappa shape index (κ1) is 15.6. The number of fused-ring (bicyclic) bond motifs is 1. The molecule has 4 heterocycles. The van der Waals surface area contributed by atoms with Gasteiger partial charge in [0.25, 0.3) is 6.43 Å². The summed E-state index contributed by atoms with van der Waals surface area (Å²) < 4.78 is 32.5. The van der Waals surface area contributed by atoms with Crippen LogP contribution in [0.3, 0.4) is 0 Å². The fourth-order valence-corrected chi connectivity index (χ4v) is 3.38. The molecule has 136 valence electrons. The van der Waals surface area contributed by atoms with Crippen molar-refractivity contribution in [3.05, 3.63) is 29.7 Å². The first-order valence-corrected chi connectivity index (χ1v) is 8.78. The second-order valence-electron chi connectivity index (χ2n) is 6.85. The van der Waals surface area contributed by atoms with E-state index in [1.807, 2.05) is 0 Å². The van der Waals surface area contributed by atoms with Crippen LogP contribution in [-0.4, -0.2) is 43.0 Å². The molecule has 3 aromatic rings. The molecule has 1 aliphatic carbocycles. The molecule has 0 atom stereocenters. The summed E-state index contributed by atoms with van der Waals surface area (Å²) >= 11 is 0. The summed E-state index contributed by atoms with van der Waals surface area (Å²) in [6, 6.07) is 3.45. The molecule has 0 amide bonds. The molecule has 0 spiro atoms. The van der Waals surface area contributed by atoms with Crippen LogP contribution < -0.4 is 4.90 Å². The molecule has 5 rings (SSSR count). The summed E-state index contributed by atoms with van der Waals surface area (Å²) in [7, 11) is 0. The van der Waals surface area contributed by atoms with Crippen LogP contribution in [0, 0.1) is 0 Å². The SMILES string of the molecule is FC(F)c1nnc2ccc(N3CCC(c4noc(C5CC5)n4)CC3)nn12. The molecular weight excluding hydrogens is 344 g/mol. The van der Waals surface area contributed by atoms with Gasteiger partial charge in [0.2, 0.25) is 11.7 Å². The first-order chi connectivity index (χ1) is 12.7. The summed E-state index contributed by atoms with van der Waals surface area (Å²) in [5.41, 5.74) is 0.318. The van der Waals surface area contributed by atoms with E-state index in [1.54, 1.807) is 12.1 Å². The number of piperidine rings is 1. The lowest BCUT2D eigenvalue weighted by Gasteiger charge is -2.31. The highest BCUT2D eigenvalue weighted by atomic mass is 19.3. The molecule has 0 aromatic carbocycles. The van der Waals surface area contributed by atoms with Gasteiger partial charge in [-0.1, -0.05) is 5.16 Å². The average Bonchev–Trinajstić information content (AvgIpc) is 3.23. The minimum atomic E-state index is -2.71. The van der Waals surface area contributed by atoms with Gasteiger partial charge in [0.05, 0.1) is 0 Å². The van der Waals surface area contributed by atoms with Gasteiger partial charge in [-0.2, -0.15) is 9.50 Å². The summed E-state index contributed by atoms with van der Waals surface area (Å²) in [5, 5.41) is 15.7. The maximum absolute atomic E-state index is 13.0. The Balaban J connectivity index is 1.31. The molecule has 1 aliphatic heterocycles. The Morgan fingerprint density at radius 2 is 1.85 bits per heavy atom. The minimum absolute atomic E-state index is 0.262. The van der Waals surface area contributed by atoms with Crippen LogP contribution in [0.15, 0.2) is 16.7 Å². The van der Waals surface area contributed by atoms with Crippen LogP contribution in [-0.2, 0) is 0 Å². The van der Waals surface area contributed by atoms with Crippen LogP contribution in [0.25, 0.3) is 5.65 Å². The molecule has 10 heteroatoms. The van der Waals surface area contributed by atoms with Gasteiger partial charge in [-0.15, -0.1) is 15.3 Å². The highest BCUT2D eigenvalue weighted by Gasteiger charge is 2.32. The Kier molecular flexibility index (Phi) is 3.57. The van der Waals surface area contributed by atoms with Crippen molar-refractivity contribution in [2.45, 2.75) is 43.9 Å². The van der Waals surface area contributed by atoms with E-state index >= 15 is 0 Å². The van der Waals surface area contributed by atoms with Crippen LogP contribution in [0.4, 0.5) is 14.6 Å². The Morgan fingerprint density at radius 1 is 1.04 bits per heavy atom. The third-order valence-corrected chi connectivity index (χ3v) is 5.04. The van der Waals surface area contributed by atoms with E-state index < -0.39 is 12.2 Å². The van der Waals surface area contributed by atoms with E-state index in [-0.39, 0.29) is 5.92 Å². The monoisotopic (exact) mass is 361 g/mol. The van der Waals surface area contributed by atoms with Crippen molar-refractivity contribution >= 4 is 11.5 Å². The van der Waals surface area contributed by atoms with Crippen molar-refractivity contribution in [1.82, 2.24) is 30.0 Å². The molecule has 2 aliphatic rings. The van der Waals surface area contributed by atoms with E-state index in [0.29, 0.717) is 17.4 Å². The topological polar surface area (TPSA) is 85.2 Å². The maximum atomic E-state index is 13.0. The third-order valence-electron chi connectivity index (χ3n) is 5.04. The number of nitrogens with zero attached hydrogens (tertiary/aromatic N) is 7. The predicted octanol–water partition coefficient (Wildman–Crippen LogP) is 2.71. The minimum Gasteiger partial charge on any atom is -0.355 e. The first-order valence-electron chi connectivity index (χ1n) is 8.78. The number of halogens is 2. The lowest BCUT2D eigenvalue weighted by Crippen LogP contribution is -2.34. The summed E-state index contributed by atoms with van der Waals surface area (Å²) in [6.07, 6.45) is 1.30. The van der Waals surface area contributed by atoms with Crippen LogP contribution in [0.1, 0.15) is 61.5 Å². The number of alkyl halides is 2. The molecule has 8 nitrogen and oxygen atoms in total. The quantitative estimate of drug-likeness (QED) is 0.706. The molecule has 0 unspecified atom stereocenters. The lowest BCUT2D eigenvalue weighted by molar-refractivity contribution is 0.137. The van der Waals surface area contributed by atoms with Crippen molar-refractivity contribution < 1.29 is 13.3 Å². The lowest BCUT2D eigenvalue weighted by atomic mass is 9.96. The summed E-state index contributed by atoms with van der Waals surface area (Å²) in [6.45, 7) is 1.51. The second kappa shape index (κ2) is 5.96. The standard InChI is InChI=1S/C16H17F2N7O/c17-13(18)15-21-20-11-3-4-12(22-25(11)15)24-7-5-9(6-8-24)14-19-16(26-23-14)10-1-2-10/h3-4,9-10,13H,1-2,5-8H2. The van der Waals surface area contributed by atoms with Crippen molar-refractivity contribution in [2.75, 3.05) is 18.0 Å². The van der Waals surface area contributed by atoms with E-state index in [9.17, 15) is 8.78 Å². The van der Waals surface area contributed by atoms with Crippen molar-refractivity contribution in [2.24, 2.45) is 0 Å². The molecule has 1 saturated carbocycles. The van der Waals surface area contributed by atoms with Crippen LogP contribution in [0.2, 0.25) is 0 Å². The van der Waals surface area contributed by atoms with Crippen molar-refractivity contribution in [1.29, 1.82) is 0 Å². The molecule has 0 N–H and O–H groups in total. The largest absolute Gasteiger partial charge is 0.355 e. The molecule has 2 fully saturated rings. The van der Waals surface area contributed by atoms with Gasteiger partial charge in [0, 0.05) is 24.9 Å². The van der Waals surface area contributed by atoms with E-state index in [1.165, 1.54) is 0 Å². The third kappa shape index (κ3) is 2.69. The summed E-state index contributed by atoms with van der Waals surface area (Å²) in [4.78, 5) is 6.62. The normalized spacial score (nSPS) is 19.0. The Morgan fingerprint density at radius 3 is 2.58 bits per heavy atom. The van der Waals surface area contributed by atoms with Gasteiger partial charge in [0.15, 0.2) is 11.5 Å². The predicted molar refractivity (Wildman–Crippen MR) is 86.2 cm³/mol. The van der Waals surface area contributed by atoms with Gasteiger partial charge in [0.1, 0.15) is 5.82 Å². The van der Waals surface area contributed by atoms with Crippen LogP contribution >= 0.6 is 0 Å². The van der Waals surface area contributed by atoms with E-state index in [2.05, 4.69) is 30.3 Å². The molecule has 0 bridgehead atoms. The summed E-state index contributed by atoms with van der Waals surface area (Å²) in [5.74, 6) is 2.48. The Bertz CT molecular complexity index is 928. The smallest absolute Gasteiger partial charge is 0.299 e. The zero-order valence-corrected chi connectivity index (χ0v) is 13.9. The molecule has 26 heavy (non-hydrogen) atoms. The number of rotatable bonds is 4. The van der Waals surface area contributed by atoms with E-state index in [0.717, 1.165) is 55.0 Å². The van der Waals surface area contributed by atoms with Gasteiger partial charge in [-0.3, -0.25) is 0 Å². The van der Waals surface area contributed by atoms with Crippen molar-refractivity contribution in [3.8, 4) is 0 Å². The maximum Gasteiger partial charge on any atom is 0.299 e. The number of aromatic nitrogens is 6. The Hall–Kier alpha value is -2.65. The average molecular weight is 361 g/mol. The zero-order valence-electron chi connectivity index (χ0n) is 13.9. The molecule has 1 saturated heterocycles. The fraction of sp³-hybridized carbons (Fsp3) is 0.562. The number of hydrogen-bond donors (Lipinski definition) is 0. The van der Waals surface area contributed by atoms with Crippen molar-refractivity contribution in [3.63, 3.8) is 0 Å². The fourth-order valence-electron chi connectivity index (χ4n) is 3.38. The van der Waals surface area contributed by atoms with Gasteiger partial charge >= 0.3 is 0 Å². The highest BCUT2D eigenvalue weighted by Crippen LogP contribution is 2.40. The van der Waals surface area contributed by atoms with Crippen LogP contribution in [0.5, 0.6) is 0 Å². The number of anilines is 1. The second-order valence-corrected chi connectivity index (χ2v) is 6.85.